The second-order valence-corrected chi connectivity index (χ2v) is 8.97. The molecule has 0 spiro atoms. The van der Waals surface area contributed by atoms with E-state index in [0.29, 0.717) is 43.2 Å². The smallest absolute Gasteiger partial charge is 0.255 e. The van der Waals surface area contributed by atoms with Gasteiger partial charge in [0.1, 0.15) is 18.9 Å². The highest BCUT2D eigenvalue weighted by Gasteiger charge is 2.13. The number of ether oxygens (including phenoxy) is 1. The van der Waals surface area contributed by atoms with Crippen molar-refractivity contribution in [3.05, 3.63) is 76.4 Å². The second-order valence-electron chi connectivity index (χ2n) is 7.91. The average molecular weight is 477 g/mol. The third-order valence-corrected chi connectivity index (χ3v) is 6.44. The van der Waals surface area contributed by atoms with E-state index in [1.165, 1.54) is 0 Å². The molecule has 0 saturated heterocycles. The highest BCUT2D eigenvalue weighted by Crippen LogP contribution is 2.22. The van der Waals surface area contributed by atoms with E-state index in [-0.39, 0.29) is 11.8 Å². The maximum Gasteiger partial charge on any atom is 0.255 e. The van der Waals surface area contributed by atoms with Crippen LogP contribution in [0.25, 0.3) is 10.9 Å². The van der Waals surface area contributed by atoms with E-state index in [2.05, 4.69) is 10.3 Å². The van der Waals surface area contributed by atoms with Gasteiger partial charge >= 0.3 is 0 Å². The van der Waals surface area contributed by atoms with Crippen LogP contribution in [0.3, 0.4) is 0 Å². The maximum absolute atomic E-state index is 12.7. The van der Waals surface area contributed by atoms with Crippen LogP contribution in [0, 0.1) is 6.92 Å². The van der Waals surface area contributed by atoms with Gasteiger partial charge in [-0.3, -0.25) is 9.59 Å². The molecule has 0 unspecified atom stereocenters. The molecule has 8 heteroatoms. The number of carbonyl (C=O) groups excluding carboxylic acids is 2. The number of fused-ring (bicyclic) bond motifs is 1. The molecule has 0 bridgehead atoms. The van der Waals surface area contributed by atoms with E-state index in [0.717, 1.165) is 21.6 Å². The number of rotatable bonds is 9. The third-order valence-electron chi connectivity index (χ3n) is 5.62. The van der Waals surface area contributed by atoms with Crippen molar-refractivity contribution in [3.63, 3.8) is 0 Å². The average Bonchev–Trinajstić information content (AvgIpc) is 3.44. The minimum absolute atomic E-state index is 0.0917. The van der Waals surface area contributed by atoms with E-state index in [1.807, 2.05) is 66.1 Å². The SMILES string of the molecule is CCN(CC)C(=O)Cn1ccc2cc(NC(=O)c3ccc(OCc4csc(C)n4)cc3)ccc21. The Hall–Kier alpha value is -3.65. The van der Waals surface area contributed by atoms with Gasteiger partial charge in [0, 0.05) is 46.8 Å². The summed E-state index contributed by atoms with van der Waals surface area (Å²) in [6.45, 7) is 8.02. The molecule has 7 nitrogen and oxygen atoms in total. The van der Waals surface area contributed by atoms with E-state index >= 15 is 0 Å². The predicted molar refractivity (Wildman–Crippen MR) is 135 cm³/mol. The first-order valence-electron chi connectivity index (χ1n) is 11.3. The molecule has 2 aromatic heterocycles. The Balaban J connectivity index is 1.38. The summed E-state index contributed by atoms with van der Waals surface area (Å²) in [5.41, 5.74) is 3.09. The van der Waals surface area contributed by atoms with Gasteiger partial charge in [0.05, 0.1) is 10.7 Å². The van der Waals surface area contributed by atoms with Crippen LogP contribution in [0.5, 0.6) is 5.75 Å². The first-order valence-corrected chi connectivity index (χ1v) is 12.2. The molecule has 4 aromatic rings. The molecule has 2 amide bonds. The summed E-state index contributed by atoms with van der Waals surface area (Å²) in [6, 6.07) is 14.7. The van der Waals surface area contributed by atoms with Crippen molar-refractivity contribution in [2.24, 2.45) is 0 Å². The van der Waals surface area contributed by atoms with Crippen LogP contribution >= 0.6 is 11.3 Å². The minimum Gasteiger partial charge on any atom is -0.487 e. The van der Waals surface area contributed by atoms with Crippen molar-refractivity contribution in [1.29, 1.82) is 0 Å². The number of nitrogens with zero attached hydrogens (tertiary/aromatic N) is 3. The summed E-state index contributed by atoms with van der Waals surface area (Å²) in [5.74, 6) is 0.579. The van der Waals surface area contributed by atoms with E-state index < -0.39 is 0 Å². The Morgan fingerprint density at radius 2 is 1.85 bits per heavy atom. The number of anilines is 1. The van der Waals surface area contributed by atoms with Crippen LogP contribution in [0.15, 0.2) is 60.1 Å². The minimum atomic E-state index is -0.197. The van der Waals surface area contributed by atoms with Crippen molar-refractivity contribution in [1.82, 2.24) is 14.5 Å². The molecule has 0 aliphatic heterocycles. The molecule has 2 heterocycles. The zero-order chi connectivity index (χ0) is 24.1. The van der Waals surface area contributed by atoms with Gasteiger partial charge in [-0.2, -0.15) is 0 Å². The van der Waals surface area contributed by atoms with Gasteiger partial charge in [-0.25, -0.2) is 4.98 Å². The fourth-order valence-corrected chi connectivity index (χ4v) is 4.37. The van der Waals surface area contributed by atoms with Crippen molar-refractivity contribution in [3.8, 4) is 5.75 Å². The number of aryl methyl sites for hydroxylation is 1. The standard InChI is InChI=1S/C26H28N4O3S/c1-4-29(5-2)25(31)15-30-13-12-20-14-21(8-11-24(20)30)28-26(32)19-6-9-23(10-7-19)33-16-22-17-34-18(3)27-22/h6-14,17H,4-5,15-16H2,1-3H3,(H,28,32). The number of thiazole rings is 1. The summed E-state index contributed by atoms with van der Waals surface area (Å²) in [5, 5.41) is 6.89. The fraction of sp³-hybridized carbons (Fsp3) is 0.269. The Kier molecular flexibility index (Phi) is 7.27. The van der Waals surface area contributed by atoms with Gasteiger partial charge in [-0.15, -0.1) is 11.3 Å². The number of carbonyl (C=O) groups is 2. The molecule has 2 aromatic carbocycles. The number of nitrogens with one attached hydrogen (secondary N) is 1. The van der Waals surface area contributed by atoms with Crippen molar-refractivity contribution >= 4 is 39.7 Å². The molecule has 0 atom stereocenters. The summed E-state index contributed by atoms with van der Waals surface area (Å²) in [6.07, 6.45) is 1.91. The lowest BCUT2D eigenvalue weighted by molar-refractivity contribution is -0.131. The van der Waals surface area contributed by atoms with Crippen LogP contribution in [-0.2, 0) is 17.9 Å². The van der Waals surface area contributed by atoms with Crippen LogP contribution in [0.1, 0.15) is 34.9 Å². The summed E-state index contributed by atoms with van der Waals surface area (Å²) >= 11 is 1.59. The van der Waals surface area contributed by atoms with E-state index in [1.54, 1.807) is 35.6 Å². The van der Waals surface area contributed by atoms with Gasteiger partial charge in [-0.05, 0) is 69.3 Å². The van der Waals surface area contributed by atoms with Crippen molar-refractivity contribution in [2.45, 2.75) is 33.9 Å². The van der Waals surface area contributed by atoms with Crippen molar-refractivity contribution in [2.75, 3.05) is 18.4 Å². The fourth-order valence-electron chi connectivity index (χ4n) is 3.78. The first-order chi connectivity index (χ1) is 16.5. The summed E-state index contributed by atoms with van der Waals surface area (Å²) < 4.78 is 7.69. The van der Waals surface area contributed by atoms with Gasteiger partial charge < -0.3 is 19.5 Å². The Morgan fingerprint density at radius 1 is 1.09 bits per heavy atom. The quantitative estimate of drug-likeness (QED) is 0.364. The van der Waals surface area contributed by atoms with E-state index in [9.17, 15) is 9.59 Å². The molecule has 0 radical (unpaired) electrons. The summed E-state index contributed by atoms with van der Waals surface area (Å²) in [4.78, 5) is 31.4. The van der Waals surface area contributed by atoms with Gasteiger partial charge in [0.2, 0.25) is 5.91 Å². The van der Waals surface area contributed by atoms with Gasteiger partial charge in [-0.1, -0.05) is 0 Å². The lowest BCUT2D eigenvalue weighted by Crippen LogP contribution is -2.33. The van der Waals surface area contributed by atoms with Crippen molar-refractivity contribution < 1.29 is 14.3 Å². The molecule has 1 N–H and O–H groups in total. The molecular weight excluding hydrogens is 448 g/mol. The number of aromatic nitrogens is 2. The Morgan fingerprint density at radius 3 is 2.53 bits per heavy atom. The van der Waals surface area contributed by atoms with Crippen LogP contribution in [0.4, 0.5) is 5.69 Å². The van der Waals surface area contributed by atoms with Gasteiger partial charge in [0.15, 0.2) is 0 Å². The van der Waals surface area contributed by atoms with Crippen LogP contribution in [0.2, 0.25) is 0 Å². The molecule has 0 aliphatic rings. The second kappa shape index (κ2) is 10.5. The molecule has 34 heavy (non-hydrogen) atoms. The number of amides is 2. The number of likely N-dealkylation sites (N-methyl/N-ethyl adjacent to an activating group) is 1. The van der Waals surface area contributed by atoms with Crippen LogP contribution in [-0.4, -0.2) is 39.4 Å². The summed E-state index contributed by atoms with van der Waals surface area (Å²) in [7, 11) is 0. The zero-order valence-electron chi connectivity index (χ0n) is 19.6. The largest absolute Gasteiger partial charge is 0.487 e. The third kappa shape index (κ3) is 5.46. The molecule has 0 fully saturated rings. The molecular formula is C26H28N4O3S. The molecule has 176 valence electrons. The first kappa shape index (κ1) is 23.5. The highest BCUT2D eigenvalue weighted by molar-refractivity contribution is 7.09. The monoisotopic (exact) mass is 476 g/mol. The predicted octanol–water partition coefficient (Wildman–Crippen LogP) is 5.11. The van der Waals surface area contributed by atoms with E-state index in [4.69, 9.17) is 4.74 Å². The lowest BCUT2D eigenvalue weighted by atomic mass is 10.2. The van der Waals surface area contributed by atoms with Gasteiger partial charge in [0.25, 0.3) is 5.91 Å². The zero-order valence-corrected chi connectivity index (χ0v) is 20.4. The molecule has 0 aliphatic carbocycles. The Labute approximate surface area is 203 Å². The lowest BCUT2D eigenvalue weighted by Gasteiger charge is -2.19. The number of hydrogen-bond donors (Lipinski definition) is 1. The number of benzene rings is 2. The topological polar surface area (TPSA) is 76.5 Å². The normalized spacial score (nSPS) is 10.9. The Bertz CT molecular complexity index is 1290. The molecule has 0 saturated carbocycles. The molecule has 4 rings (SSSR count). The highest BCUT2D eigenvalue weighted by atomic mass is 32.1. The number of hydrogen-bond acceptors (Lipinski definition) is 5. The maximum atomic E-state index is 12.7. The van der Waals surface area contributed by atoms with Crippen LogP contribution < -0.4 is 10.1 Å².